The van der Waals surface area contributed by atoms with Crippen LogP contribution in [0.25, 0.3) is 0 Å². The zero-order valence-corrected chi connectivity index (χ0v) is 10.2. The van der Waals surface area contributed by atoms with Crippen LogP contribution in [0.4, 0.5) is 5.69 Å². The molecule has 0 radical (unpaired) electrons. The molecule has 1 unspecified atom stereocenters. The Labute approximate surface area is 101 Å². The van der Waals surface area contributed by atoms with E-state index >= 15 is 0 Å². The first-order chi connectivity index (χ1) is 7.72. The molecule has 0 spiro atoms. The summed E-state index contributed by atoms with van der Waals surface area (Å²) in [5.41, 5.74) is 1.99. The molecule has 16 heavy (non-hydrogen) atoms. The summed E-state index contributed by atoms with van der Waals surface area (Å²) in [4.78, 5) is 11.8. The van der Waals surface area contributed by atoms with E-state index in [0.717, 1.165) is 24.1 Å². The lowest BCUT2D eigenvalue weighted by Crippen LogP contribution is -2.11. The average Bonchev–Trinajstić information content (AvgIpc) is 2.56. The molecule has 1 N–H and O–H groups in total. The van der Waals surface area contributed by atoms with Crippen molar-refractivity contribution in [1.29, 1.82) is 0 Å². The van der Waals surface area contributed by atoms with Crippen LogP contribution in [0.1, 0.15) is 44.1 Å². The van der Waals surface area contributed by atoms with Crippen LogP contribution in [0.2, 0.25) is 5.02 Å². The van der Waals surface area contributed by atoms with Gasteiger partial charge in [-0.2, -0.15) is 0 Å². The fourth-order valence-corrected chi connectivity index (χ4v) is 2.36. The lowest BCUT2D eigenvalue weighted by molar-refractivity contribution is -0.117. The van der Waals surface area contributed by atoms with E-state index in [1.165, 1.54) is 12.8 Å². The second-order valence-electron chi connectivity index (χ2n) is 4.27. The normalized spacial score (nSPS) is 18.4. The van der Waals surface area contributed by atoms with Crippen LogP contribution < -0.4 is 5.32 Å². The highest BCUT2D eigenvalue weighted by Crippen LogP contribution is 2.37. The van der Waals surface area contributed by atoms with Crippen LogP contribution in [0.15, 0.2) is 18.2 Å². The van der Waals surface area contributed by atoms with Crippen molar-refractivity contribution in [2.45, 2.75) is 38.5 Å². The lowest BCUT2D eigenvalue weighted by atomic mass is 9.94. The Morgan fingerprint density at radius 3 is 2.94 bits per heavy atom. The van der Waals surface area contributed by atoms with Crippen molar-refractivity contribution >= 4 is 23.2 Å². The Morgan fingerprint density at radius 2 is 2.19 bits per heavy atom. The summed E-state index contributed by atoms with van der Waals surface area (Å²) in [7, 11) is 0. The largest absolute Gasteiger partial charge is 0.325 e. The Bertz CT molecular complexity index is 403. The van der Waals surface area contributed by atoms with E-state index in [2.05, 4.69) is 12.2 Å². The van der Waals surface area contributed by atoms with Gasteiger partial charge in [-0.15, -0.1) is 0 Å². The van der Waals surface area contributed by atoms with Gasteiger partial charge in [0.1, 0.15) is 0 Å². The molecule has 2 rings (SSSR count). The third kappa shape index (κ3) is 2.22. The smallest absolute Gasteiger partial charge is 0.232 e. The summed E-state index contributed by atoms with van der Waals surface area (Å²) in [6, 6.07) is 5.61. The summed E-state index contributed by atoms with van der Waals surface area (Å²) < 4.78 is 0. The molecular weight excluding hydrogens is 222 g/mol. The summed E-state index contributed by atoms with van der Waals surface area (Å²) in [6.07, 6.45) is 4.38. The van der Waals surface area contributed by atoms with Crippen LogP contribution in [0.3, 0.4) is 0 Å². The summed E-state index contributed by atoms with van der Waals surface area (Å²) in [5, 5.41) is 3.61. The van der Waals surface area contributed by atoms with E-state index in [4.69, 9.17) is 11.6 Å². The number of hydrogen-bond donors (Lipinski definition) is 1. The van der Waals surface area contributed by atoms with Gasteiger partial charge < -0.3 is 5.32 Å². The van der Waals surface area contributed by atoms with E-state index in [1.54, 1.807) is 0 Å². The number of rotatable bonds is 4. The number of unbranched alkanes of at least 4 members (excludes halogenated alkanes) is 2. The fraction of sp³-hybridized carbons (Fsp3) is 0.462. The van der Waals surface area contributed by atoms with Gasteiger partial charge in [-0.1, -0.05) is 37.8 Å². The van der Waals surface area contributed by atoms with Crippen molar-refractivity contribution < 1.29 is 4.79 Å². The third-order valence-corrected chi connectivity index (χ3v) is 3.29. The highest BCUT2D eigenvalue weighted by atomic mass is 35.5. The minimum atomic E-state index is 0.000231. The summed E-state index contributed by atoms with van der Waals surface area (Å²) in [6.45, 7) is 2.17. The predicted molar refractivity (Wildman–Crippen MR) is 67.0 cm³/mol. The first-order valence-electron chi connectivity index (χ1n) is 5.82. The Kier molecular flexibility index (Phi) is 3.49. The molecule has 2 nitrogen and oxygen atoms in total. The van der Waals surface area contributed by atoms with Gasteiger partial charge in [-0.3, -0.25) is 4.79 Å². The van der Waals surface area contributed by atoms with Crippen molar-refractivity contribution in [1.82, 2.24) is 0 Å². The van der Waals surface area contributed by atoms with Gasteiger partial charge in [0, 0.05) is 10.7 Å². The van der Waals surface area contributed by atoms with Crippen LogP contribution in [-0.4, -0.2) is 5.91 Å². The third-order valence-electron chi connectivity index (χ3n) is 3.06. The lowest BCUT2D eigenvalue weighted by Gasteiger charge is -2.08. The van der Waals surface area contributed by atoms with Crippen molar-refractivity contribution in [3.63, 3.8) is 0 Å². The zero-order chi connectivity index (χ0) is 11.5. The molecule has 1 aliphatic heterocycles. The number of nitrogens with one attached hydrogen (secondary N) is 1. The summed E-state index contributed by atoms with van der Waals surface area (Å²) >= 11 is 5.96. The number of anilines is 1. The molecular formula is C13H16ClNO. The maximum Gasteiger partial charge on any atom is 0.232 e. The molecule has 0 bridgehead atoms. The van der Waals surface area contributed by atoms with Crippen molar-refractivity contribution in [3.8, 4) is 0 Å². The minimum absolute atomic E-state index is 0.000231. The second kappa shape index (κ2) is 4.88. The maximum atomic E-state index is 11.8. The quantitative estimate of drug-likeness (QED) is 0.790. The molecule has 0 saturated carbocycles. The molecule has 0 saturated heterocycles. The molecule has 1 aromatic rings. The van der Waals surface area contributed by atoms with Crippen LogP contribution in [-0.2, 0) is 4.79 Å². The molecule has 0 aliphatic carbocycles. The van der Waals surface area contributed by atoms with Gasteiger partial charge >= 0.3 is 0 Å². The average molecular weight is 238 g/mol. The van der Waals surface area contributed by atoms with E-state index in [1.807, 2.05) is 18.2 Å². The van der Waals surface area contributed by atoms with Gasteiger partial charge in [-0.25, -0.2) is 0 Å². The van der Waals surface area contributed by atoms with E-state index in [9.17, 15) is 4.79 Å². The Hall–Kier alpha value is -1.02. The van der Waals surface area contributed by atoms with Crippen LogP contribution >= 0.6 is 11.6 Å². The van der Waals surface area contributed by atoms with E-state index in [0.29, 0.717) is 5.02 Å². The van der Waals surface area contributed by atoms with Gasteiger partial charge in [-0.05, 0) is 30.2 Å². The topological polar surface area (TPSA) is 29.1 Å². The number of fused-ring (bicyclic) bond motifs is 1. The van der Waals surface area contributed by atoms with Crippen molar-refractivity contribution in [3.05, 3.63) is 28.8 Å². The van der Waals surface area contributed by atoms with Crippen molar-refractivity contribution in [2.24, 2.45) is 0 Å². The van der Waals surface area contributed by atoms with E-state index in [-0.39, 0.29) is 11.8 Å². The predicted octanol–water partition coefficient (Wildman–Crippen LogP) is 3.96. The van der Waals surface area contributed by atoms with Gasteiger partial charge in [0.2, 0.25) is 5.91 Å². The summed E-state index contributed by atoms with van der Waals surface area (Å²) in [5.74, 6) is 0.119. The molecule has 0 aromatic heterocycles. The molecule has 1 aliphatic rings. The Balaban J connectivity index is 2.15. The molecule has 3 heteroatoms. The molecule has 1 heterocycles. The monoisotopic (exact) mass is 237 g/mol. The SMILES string of the molecule is CCCCCC1C(=O)Nc2ccc(Cl)cc21. The first-order valence-corrected chi connectivity index (χ1v) is 6.20. The number of halogens is 1. The number of benzene rings is 1. The van der Waals surface area contributed by atoms with Crippen molar-refractivity contribution in [2.75, 3.05) is 5.32 Å². The zero-order valence-electron chi connectivity index (χ0n) is 9.42. The van der Waals surface area contributed by atoms with Crippen LogP contribution in [0.5, 0.6) is 0 Å². The number of amides is 1. The van der Waals surface area contributed by atoms with Gasteiger partial charge in [0.05, 0.1) is 5.92 Å². The standard InChI is InChI=1S/C13H16ClNO/c1-2-3-4-5-10-11-8-9(14)6-7-12(11)15-13(10)16/h6-8,10H,2-5H2,1H3,(H,15,16). The Morgan fingerprint density at radius 1 is 1.38 bits per heavy atom. The number of hydrogen-bond acceptors (Lipinski definition) is 1. The highest BCUT2D eigenvalue weighted by molar-refractivity contribution is 6.31. The van der Waals surface area contributed by atoms with Gasteiger partial charge in [0.25, 0.3) is 0 Å². The number of carbonyl (C=O) groups is 1. The molecule has 1 aromatic carbocycles. The molecule has 0 fully saturated rings. The molecule has 1 amide bonds. The maximum absolute atomic E-state index is 11.8. The fourth-order valence-electron chi connectivity index (χ4n) is 2.18. The number of carbonyl (C=O) groups excluding carboxylic acids is 1. The van der Waals surface area contributed by atoms with E-state index < -0.39 is 0 Å². The highest BCUT2D eigenvalue weighted by Gasteiger charge is 2.29. The molecule has 1 atom stereocenters. The minimum Gasteiger partial charge on any atom is -0.325 e. The second-order valence-corrected chi connectivity index (χ2v) is 4.71. The van der Waals surface area contributed by atoms with Crippen LogP contribution in [0, 0.1) is 0 Å². The van der Waals surface area contributed by atoms with Gasteiger partial charge in [0.15, 0.2) is 0 Å². The molecule has 86 valence electrons. The first kappa shape index (κ1) is 11.5.